The van der Waals surface area contributed by atoms with Gasteiger partial charge in [0, 0.05) is 26.7 Å². The highest BCUT2D eigenvalue weighted by Gasteiger charge is 2.20. The molecule has 2 N–H and O–H groups in total. The van der Waals surface area contributed by atoms with Crippen LogP contribution in [0, 0.1) is 5.92 Å². The Morgan fingerprint density at radius 1 is 1.38 bits per heavy atom. The molecule has 21 heavy (non-hydrogen) atoms. The second-order valence-electron chi connectivity index (χ2n) is 6.29. The molecule has 1 atom stereocenters. The van der Waals surface area contributed by atoms with E-state index in [1.165, 1.54) is 51.7 Å². The summed E-state index contributed by atoms with van der Waals surface area (Å²) in [4.78, 5) is 6.86. The van der Waals surface area contributed by atoms with E-state index in [1.54, 1.807) is 5.57 Å². The van der Waals surface area contributed by atoms with Crippen molar-refractivity contribution in [1.29, 1.82) is 0 Å². The fourth-order valence-electron chi connectivity index (χ4n) is 3.30. The van der Waals surface area contributed by atoms with Crippen molar-refractivity contribution in [3.8, 4) is 0 Å². The van der Waals surface area contributed by atoms with Crippen molar-refractivity contribution in [2.24, 2.45) is 10.9 Å². The number of guanidine groups is 1. The van der Waals surface area contributed by atoms with Gasteiger partial charge in [-0.05, 0) is 57.5 Å². The van der Waals surface area contributed by atoms with Crippen LogP contribution < -0.4 is 10.6 Å². The third-order valence-electron chi connectivity index (χ3n) is 4.72. The molecule has 0 aromatic carbocycles. The molecule has 2 aliphatic rings. The summed E-state index contributed by atoms with van der Waals surface area (Å²) < 4.78 is 0. The smallest absolute Gasteiger partial charge is 0.190 e. The number of hydrogen-bond acceptors (Lipinski definition) is 2. The van der Waals surface area contributed by atoms with Gasteiger partial charge in [0.1, 0.15) is 0 Å². The normalized spacial score (nSPS) is 24.0. The molecule has 0 aromatic rings. The molecule has 1 fully saturated rings. The maximum absolute atomic E-state index is 4.33. The van der Waals surface area contributed by atoms with Crippen LogP contribution in [0.1, 0.15) is 45.4 Å². The molecule has 0 bridgehead atoms. The molecule has 4 heteroatoms. The van der Waals surface area contributed by atoms with Gasteiger partial charge in [-0.3, -0.25) is 4.99 Å². The first kappa shape index (κ1) is 16.3. The molecule has 120 valence electrons. The summed E-state index contributed by atoms with van der Waals surface area (Å²) >= 11 is 0. The molecule has 1 unspecified atom stereocenters. The average Bonchev–Trinajstić information content (AvgIpc) is 3.00. The first-order chi connectivity index (χ1) is 10.3. The molecule has 2 rings (SSSR count). The van der Waals surface area contributed by atoms with Gasteiger partial charge in [0.2, 0.25) is 0 Å². The van der Waals surface area contributed by atoms with Gasteiger partial charge < -0.3 is 15.5 Å². The molecule has 0 amide bonds. The van der Waals surface area contributed by atoms with Crippen LogP contribution >= 0.6 is 0 Å². The van der Waals surface area contributed by atoms with Crippen molar-refractivity contribution in [1.82, 2.24) is 15.5 Å². The van der Waals surface area contributed by atoms with Crippen molar-refractivity contribution >= 4 is 5.96 Å². The van der Waals surface area contributed by atoms with E-state index in [4.69, 9.17) is 0 Å². The second kappa shape index (κ2) is 9.08. The van der Waals surface area contributed by atoms with E-state index in [1.807, 2.05) is 7.05 Å². The highest BCUT2D eigenvalue weighted by molar-refractivity contribution is 5.79. The molecule has 0 saturated carbocycles. The largest absolute Gasteiger partial charge is 0.356 e. The molecular weight excluding hydrogens is 260 g/mol. The maximum Gasteiger partial charge on any atom is 0.190 e. The monoisotopic (exact) mass is 292 g/mol. The lowest BCUT2D eigenvalue weighted by atomic mass is 9.97. The van der Waals surface area contributed by atoms with Crippen LogP contribution in [-0.4, -0.2) is 50.6 Å². The van der Waals surface area contributed by atoms with E-state index in [-0.39, 0.29) is 0 Å². The predicted octanol–water partition coefficient (Wildman–Crippen LogP) is 2.38. The summed E-state index contributed by atoms with van der Waals surface area (Å²) in [7, 11) is 1.86. The van der Waals surface area contributed by atoms with Crippen LogP contribution in [0.15, 0.2) is 16.6 Å². The fourth-order valence-corrected chi connectivity index (χ4v) is 3.30. The lowest BCUT2D eigenvalue weighted by Crippen LogP contribution is -2.40. The SMILES string of the molecule is CCN1CCC(CNC(=NC)NCCC2=CCCCC2)C1. The number of rotatable bonds is 6. The number of aliphatic imine (C=N–C) groups is 1. The number of nitrogens with zero attached hydrogens (tertiary/aromatic N) is 2. The minimum Gasteiger partial charge on any atom is -0.356 e. The Balaban J connectivity index is 1.61. The number of allylic oxidation sites excluding steroid dienone is 1. The lowest BCUT2D eigenvalue weighted by molar-refractivity contribution is 0.342. The predicted molar refractivity (Wildman–Crippen MR) is 90.8 cm³/mol. The zero-order valence-electron chi connectivity index (χ0n) is 13.8. The highest BCUT2D eigenvalue weighted by Crippen LogP contribution is 2.19. The third kappa shape index (κ3) is 5.70. The molecule has 1 aliphatic heterocycles. The molecule has 0 radical (unpaired) electrons. The third-order valence-corrected chi connectivity index (χ3v) is 4.72. The molecule has 0 aromatic heterocycles. The Morgan fingerprint density at radius 3 is 2.95 bits per heavy atom. The highest BCUT2D eigenvalue weighted by atomic mass is 15.2. The Kier molecular flexibility index (Phi) is 7.07. The Labute approximate surface area is 130 Å². The molecule has 0 spiro atoms. The van der Waals surface area contributed by atoms with E-state index < -0.39 is 0 Å². The first-order valence-corrected chi connectivity index (χ1v) is 8.66. The number of hydrogen-bond donors (Lipinski definition) is 2. The van der Waals surface area contributed by atoms with Crippen LogP contribution in [0.4, 0.5) is 0 Å². The molecule has 4 nitrogen and oxygen atoms in total. The van der Waals surface area contributed by atoms with Crippen molar-refractivity contribution in [3.05, 3.63) is 11.6 Å². The van der Waals surface area contributed by atoms with Crippen molar-refractivity contribution in [3.63, 3.8) is 0 Å². The summed E-state index contributed by atoms with van der Waals surface area (Å²) in [5, 5.41) is 6.94. The van der Waals surface area contributed by atoms with Crippen LogP contribution in [-0.2, 0) is 0 Å². The van der Waals surface area contributed by atoms with E-state index in [9.17, 15) is 0 Å². The van der Waals surface area contributed by atoms with Gasteiger partial charge in [-0.1, -0.05) is 18.6 Å². The lowest BCUT2D eigenvalue weighted by Gasteiger charge is -2.17. The Bertz CT molecular complexity index is 362. The van der Waals surface area contributed by atoms with Crippen LogP contribution in [0.5, 0.6) is 0 Å². The summed E-state index contributed by atoms with van der Waals surface area (Å²) in [6.45, 7) is 7.95. The van der Waals surface area contributed by atoms with Crippen LogP contribution in [0.2, 0.25) is 0 Å². The maximum atomic E-state index is 4.33. The topological polar surface area (TPSA) is 39.7 Å². The standard InChI is InChI=1S/C17H32N4/c1-3-21-12-10-16(14-21)13-20-17(18-2)19-11-9-15-7-5-4-6-8-15/h7,16H,3-6,8-14H2,1-2H3,(H2,18,19,20). The molecule has 1 aliphatic carbocycles. The summed E-state index contributed by atoms with van der Waals surface area (Å²) in [5.41, 5.74) is 1.62. The van der Waals surface area contributed by atoms with Gasteiger partial charge in [0.05, 0.1) is 0 Å². The number of likely N-dealkylation sites (tertiary alicyclic amines) is 1. The van der Waals surface area contributed by atoms with Crippen molar-refractivity contribution in [2.45, 2.75) is 45.4 Å². The minimum atomic E-state index is 0.768. The van der Waals surface area contributed by atoms with Crippen molar-refractivity contribution in [2.75, 3.05) is 39.8 Å². The van der Waals surface area contributed by atoms with Gasteiger partial charge in [-0.25, -0.2) is 0 Å². The summed E-state index contributed by atoms with van der Waals surface area (Å²) in [6, 6.07) is 0. The number of nitrogens with one attached hydrogen (secondary N) is 2. The average molecular weight is 292 g/mol. The van der Waals surface area contributed by atoms with Crippen molar-refractivity contribution < 1.29 is 0 Å². The van der Waals surface area contributed by atoms with Crippen LogP contribution in [0.25, 0.3) is 0 Å². The summed E-state index contributed by atoms with van der Waals surface area (Å²) in [6.07, 6.45) is 10.2. The van der Waals surface area contributed by atoms with Gasteiger partial charge in [0.25, 0.3) is 0 Å². The summed E-state index contributed by atoms with van der Waals surface area (Å²) in [5.74, 6) is 1.73. The zero-order valence-corrected chi connectivity index (χ0v) is 13.8. The van der Waals surface area contributed by atoms with E-state index in [0.29, 0.717) is 0 Å². The molecule has 1 heterocycles. The Hall–Kier alpha value is -1.03. The fraction of sp³-hybridized carbons (Fsp3) is 0.824. The minimum absolute atomic E-state index is 0.768. The van der Waals surface area contributed by atoms with E-state index in [2.05, 4.69) is 33.5 Å². The van der Waals surface area contributed by atoms with Gasteiger partial charge in [0.15, 0.2) is 5.96 Å². The molecular formula is C17H32N4. The second-order valence-corrected chi connectivity index (χ2v) is 6.29. The van der Waals surface area contributed by atoms with Crippen LogP contribution in [0.3, 0.4) is 0 Å². The van der Waals surface area contributed by atoms with E-state index in [0.717, 1.165) is 31.4 Å². The van der Waals surface area contributed by atoms with Gasteiger partial charge >= 0.3 is 0 Å². The Morgan fingerprint density at radius 2 is 2.29 bits per heavy atom. The quantitative estimate of drug-likeness (QED) is 0.448. The van der Waals surface area contributed by atoms with E-state index >= 15 is 0 Å². The zero-order chi connectivity index (χ0) is 14.9. The van der Waals surface area contributed by atoms with Gasteiger partial charge in [-0.15, -0.1) is 0 Å². The van der Waals surface area contributed by atoms with Gasteiger partial charge in [-0.2, -0.15) is 0 Å². The first-order valence-electron chi connectivity index (χ1n) is 8.66. The molecule has 1 saturated heterocycles.